The molecule has 0 aromatic rings. The van der Waals surface area contributed by atoms with Gasteiger partial charge in [-0.25, -0.2) is 4.39 Å². The summed E-state index contributed by atoms with van der Waals surface area (Å²) in [5.74, 6) is 1.07. The number of alkyl halides is 1. The zero-order valence-corrected chi connectivity index (χ0v) is 23.8. The molecule has 0 aromatic carbocycles. The summed E-state index contributed by atoms with van der Waals surface area (Å²) in [6, 6.07) is 0. The lowest BCUT2D eigenvalue weighted by Gasteiger charge is -2.63. The third-order valence-corrected chi connectivity index (χ3v) is 11.3. The van der Waals surface area contributed by atoms with E-state index in [4.69, 9.17) is 8.85 Å². The summed E-state index contributed by atoms with van der Waals surface area (Å²) in [6.45, 7) is 19.8. The van der Waals surface area contributed by atoms with Crippen LogP contribution in [0.2, 0.25) is 39.3 Å². The molecule has 4 aliphatic carbocycles. The van der Waals surface area contributed by atoms with Gasteiger partial charge in [0.25, 0.3) is 0 Å². The predicted molar refractivity (Wildman–Crippen MR) is 134 cm³/mol. The van der Waals surface area contributed by atoms with Crippen molar-refractivity contribution < 1.29 is 18.3 Å². The van der Waals surface area contributed by atoms with E-state index in [2.05, 4.69) is 72.2 Å². The van der Waals surface area contributed by atoms with E-state index >= 15 is 4.39 Å². The standard InChI is InChI=1S/C26H45FO3Si2/c1-23-14-12-19(29-31(4,5)6)16-18(23)10-11-21-20-13-15-25(3,30-32(7,8)9)24(20,2)17-22(28)26(21,23)27/h10,16,20-22,28H,11-15,17H2,1-9H3/t20-,21-,22-,23-,24-,25-,26-/m0/s1. The van der Waals surface area contributed by atoms with Crippen molar-refractivity contribution in [2.75, 3.05) is 0 Å². The van der Waals surface area contributed by atoms with Crippen LogP contribution in [0.1, 0.15) is 59.3 Å². The van der Waals surface area contributed by atoms with E-state index in [9.17, 15) is 5.11 Å². The highest BCUT2D eigenvalue weighted by Crippen LogP contribution is 2.70. The molecule has 1 N–H and O–H groups in total. The average molecular weight is 481 g/mol. The molecule has 6 heteroatoms. The van der Waals surface area contributed by atoms with Crippen LogP contribution < -0.4 is 0 Å². The summed E-state index contributed by atoms with van der Waals surface area (Å²) in [5, 5.41) is 11.6. The van der Waals surface area contributed by atoms with Gasteiger partial charge in [0.1, 0.15) is 5.67 Å². The fourth-order valence-corrected chi connectivity index (χ4v) is 10.5. The molecule has 4 rings (SSSR count). The first-order chi connectivity index (χ1) is 14.5. The Bertz CT molecular complexity index is 843. The third kappa shape index (κ3) is 3.54. The second kappa shape index (κ2) is 7.28. The molecule has 0 bridgehead atoms. The van der Waals surface area contributed by atoms with Crippen LogP contribution in [0.15, 0.2) is 23.5 Å². The van der Waals surface area contributed by atoms with Gasteiger partial charge in [-0.1, -0.05) is 19.9 Å². The number of rotatable bonds is 4. The van der Waals surface area contributed by atoms with Gasteiger partial charge in [-0.2, -0.15) is 0 Å². The van der Waals surface area contributed by atoms with Crippen molar-refractivity contribution >= 4 is 16.6 Å². The summed E-state index contributed by atoms with van der Waals surface area (Å²) >= 11 is 0. The van der Waals surface area contributed by atoms with Crippen LogP contribution in [-0.2, 0) is 8.85 Å². The van der Waals surface area contributed by atoms with Crippen LogP contribution in [0, 0.1) is 22.7 Å². The van der Waals surface area contributed by atoms with Crippen molar-refractivity contribution in [2.24, 2.45) is 22.7 Å². The lowest BCUT2D eigenvalue weighted by atomic mass is 9.45. The highest BCUT2D eigenvalue weighted by Gasteiger charge is 2.72. The molecule has 2 fully saturated rings. The van der Waals surface area contributed by atoms with Crippen LogP contribution in [0.4, 0.5) is 4.39 Å². The van der Waals surface area contributed by atoms with Crippen LogP contribution in [-0.4, -0.2) is 39.1 Å². The first-order valence-corrected chi connectivity index (χ1v) is 19.4. The molecule has 0 spiro atoms. The molecule has 7 atom stereocenters. The second-order valence-corrected chi connectivity index (χ2v) is 22.5. The van der Waals surface area contributed by atoms with Gasteiger partial charge in [-0.3, -0.25) is 0 Å². The van der Waals surface area contributed by atoms with Crippen LogP contribution in [0.5, 0.6) is 0 Å². The average Bonchev–Trinajstić information content (AvgIpc) is 2.85. The minimum absolute atomic E-state index is 0.162. The van der Waals surface area contributed by atoms with Crippen molar-refractivity contribution in [3.05, 3.63) is 23.5 Å². The normalized spacial score (nSPS) is 46.5. The molecule has 0 aromatic heterocycles. The zero-order valence-electron chi connectivity index (χ0n) is 21.8. The Balaban J connectivity index is 1.72. The SMILES string of the molecule is C[C@]12CCC(O[Si](C)(C)C)=CC1=CC[C@H]1[C@@H]3CC[C@](C)(O[Si](C)(C)C)[C@@]3(C)C[C@H](O)[C@@]12F. The van der Waals surface area contributed by atoms with Gasteiger partial charge in [0.15, 0.2) is 8.32 Å². The van der Waals surface area contributed by atoms with Gasteiger partial charge >= 0.3 is 0 Å². The minimum atomic E-state index is -1.78. The molecule has 0 aliphatic heterocycles. The largest absolute Gasteiger partial charge is 0.547 e. The van der Waals surface area contributed by atoms with Gasteiger partial charge in [0.2, 0.25) is 8.32 Å². The van der Waals surface area contributed by atoms with Gasteiger partial charge in [-0.15, -0.1) is 0 Å². The Morgan fingerprint density at radius 1 is 1.00 bits per heavy atom. The van der Waals surface area contributed by atoms with Crippen LogP contribution in [0.25, 0.3) is 0 Å². The molecule has 2 saturated carbocycles. The number of aliphatic hydroxyl groups is 1. The van der Waals surface area contributed by atoms with Crippen molar-refractivity contribution in [3.8, 4) is 0 Å². The van der Waals surface area contributed by atoms with E-state index in [1.807, 2.05) is 0 Å². The van der Waals surface area contributed by atoms with E-state index in [1.165, 1.54) is 0 Å². The Morgan fingerprint density at radius 3 is 2.25 bits per heavy atom. The number of hydrogen-bond donors (Lipinski definition) is 1. The summed E-state index contributed by atoms with van der Waals surface area (Å²) in [5.41, 5.74) is -1.72. The molecule has 0 unspecified atom stereocenters. The minimum Gasteiger partial charge on any atom is -0.547 e. The number of allylic oxidation sites excluding steroid dienone is 4. The Labute approximate surface area is 197 Å². The lowest BCUT2D eigenvalue weighted by molar-refractivity contribution is -0.215. The molecule has 32 heavy (non-hydrogen) atoms. The molecule has 0 heterocycles. The maximum absolute atomic E-state index is 17.4. The number of aliphatic hydroxyl groups excluding tert-OH is 1. The Kier molecular flexibility index (Phi) is 5.62. The fraction of sp³-hybridized carbons (Fsp3) is 0.846. The maximum Gasteiger partial charge on any atom is 0.241 e. The molecular weight excluding hydrogens is 435 g/mol. The van der Waals surface area contributed by atoms with E-state index in [1.54, 1.807) is 0 Å². The van der Waals surface area contributed by atoms with E-state index in [0.717, 1.165) is 30.6 Å². The van der Waals surface area contributed by atoms with Crippen LogP contribution in [0.3, 0.4) is 0 Å². The van der Waals surface area contributed by atoms with Crippen molar-refractivity contribution in [2.45, 2.75) is 116 Å². The van der Waals surface area contributed by atoms with E-state index < -0.39 is 33.8 Å². The summed E-state index contributed by atoms with van der Waals surface area (Å²) in [6.07, 6.45) is 7.97. The third-order valence-electron chi connectivity index (χ3n) is 9.32. The van der Waals surface area contributed by atoms with E-state index in [0.29, 0.717) is 19.3 Å². The highest BCUT2D eigenvalue weighted by atomic mass is 28.4. The zero-order chi connectivity index (χ0) is 24.0. The van der Waals surface area contributed by atoms with Crippen molar-refractivity contribution in [1.82, 2.24) is 0 Å². The molecule has 0 saturated heterocycles. The summed E-state index contributed by atoms with van der Waals surface area (Å²) in [4.78, 5) is 0. The van der Waals surface area contributed by atoms with Crippen molar-refractivity contribution in [1.29, 1.82) is 0 Å². The van der Waals surface area contributed by atoms with Crippen LogP contribution >= 0.6 is 0 Å². The van der Waals surface area contributed by atoms with Gasteiger partial charge in [0, 0.05) is 23.2 Å². The second-order valence-electron chi connectivity index (χ2n) is 13.7. The smallest absolute Gasteiger partial charge is 0.241 e. The van der Waals surface area contributed by atoms with Crippen molar-refractivity contribution in [3.63, 3.8) is 0 Å². The van der Waals surface area contributed by atoms with Gasteiger partial charge < -0.3 is 14.0 Å². The lowest BCUT2D eigenvalue weighted by Crippen LogP contribution is -2.68. The first kappa shape index (κ1) is 24.7. The Hall–Kier alpha value is -0.436. The molecule has 4 aliphatic rings. The van der Waals surface area contributed by atoms with E-state index in [-0.39, 0.29) is 22.9 Å². The number of fused-ring (bicyclic) bond motifs is 5. The molecule has 0 amide bonds. The molecule has 3 nitrogen and oxygen atoms in total. The molecule has 0 radical (unpaired) electrons. The molecular formula is C26H45FO3Si2. The monoisotopic (exact) mass is 480 g/mol. The fourth-order valence-electron chi connectivity index (χ4n) is 7.83. The predicted octanol–water partition coefficient (Wildman–Crippen LogP) is 6.97. The Morgan fingerprint density at radius 2 is 1.66 bits per heavy atom. The number of hydrogen-bond acceptors (Lipinski definition) is 3. The maximum atomic E-state index is 17.4. The number of halogens is 1. The van der Waals surface area contributed by atoms with Gasteiger partial charge in [-0.05, 0) is 95.9 Å². The first-order valence-electron chi connectivity index (χ1n) is 12.6. The highest BCUT2D eigenvalue weighted by molar-refractivity contribution is 6.70. The topological polar surface area (TPSA) is 38.7 Å². The van der Waals surface area contributed by atoms with Gasteiger partial charge in [0.05, 0.1) is 17.5 Å². The summed E-state index contributed by atoms with van der Waals surface area (Å²) < 4.78 is 30.5. The molecule has 182 valence electrons. The summed E-state index contributed by atoms with van der Waals surface area (Å²) in [7, 11) is -3.48. The quantitative estimate of drug-likeness (QED) is 0.442.